The van der Waals surface area contributed by atoms with Crippen LogP contribution < -0.4 is 9.46 Å². The van der Waals surface area contributed by atoms with Crippen LogP contribution >= 0.6 is 23.2 Å². The van der Waals surface area contributed by atoms with Crippen LogP contribution in [0.2, 0.25) is 10.0 Å². The first-order chi connectivity index (χ1) is 11.3. The number of alkyl halides is 2. The molecule has 1 N–H and O–H groups in total. The van der Waals surface area contributed by atoms with E-state index in [2.05, 4.69) is 9.46 Å². The molecule has 0 fully saturated rings. The molecule has 2 aromatic carbocycles. The van der Waals surface area contributed by atoms with Crippen LogP contribution in [0.25, 0.3) is 0 Å². The highest BCUT2D eigenvalue weighted by Crippen LogP contribution is 2.28. The number of hydrogen-bond donors (Lipinski definition) is 1. The van der Waals surface area contributed by atoms with E-state index < -0.39 is 16.6 Å². The summed E-state index contributed by atoms with van der Waals surface area (Å²) in [6.07, 6.45) is 0.367. The summed E-state index contributed by atoms with van der Waals surface area (Å²) in [5.41, 5.74) is 0.761. The monoisotopic (exact) mass is 395 g/mol. The molecule has 24 heavy (non-hydrogen) atoms. The Balaban J connectivity index is 1.97. The summed E-state index contributed by atoms with van der Waals surface area (Å²) >= 11 is 11.7. The van der Waals surface area contributed by atoms with Gasteiger partial charge in [-0.15, -0.1) is 0 Å². The number of benzene rings is 2. The molecule has 2 rings (SSSR count). The molecule has 0 bridgehead atoms. The number of rotatable bonds is 7. The van der Waals surface area contributed by atoms with E-state index in [9.17, 15) is 17.2 Å². The van der Waals surface area contributed by atoms with Crippen LogP contribution in [0, 0.1) is 0 Å². The van der Waals surface area contributed by atoms with Crippen molar-refractivity contribution in [1.29, 1.82) is 0 Å². The molecule has 130 valence electrons. The molecule has 0 unspecified atom stereocenters. The van der Waals surface area contributed by atoms with E-state index in [4.69, 9.17) is 23.2 Å². The summed E-state index contributed by atoms with van der Waals surface area (Å²) in [6, 6.07) is 10.3. The maximum Gasteiger partial charge on any atom is 0.387 e. The summed E-state index contributed by atoms with van der Waals surface area (Å²) in [5.74, 6) is 0.0417. The molecule has 0 aliphatic heterocycles. The Morgan fingerprint density at radius 1 is 1.08 bits per heavy atom. The van der Waals surface area contributed by atoms with Crippen molar-refractivity contribution < 1.29 is 21.9 Å². The molecule has 0 aliphatic carbocycles. The van der Waals surface area contributed by atoms with Crippen LogP contribution in [-0.4, -0.2) is 21.6 Å². The van der Waals surface area contributed by atoms with Crippen LogP contribution in [0.5, 0.6) is 5.75 Å². The van der Waals surface area contributed by atoms with Gasteiger partial charge in [0.1, 0.15) is 10.6 Å². The van der Waals surface area contributed by atoms with E-state index in [-0.39, 0.29) is 27.2 Å². The number of ether oxygens (including phenoxy) is 1. The van der Waals surface area contributed by atoms with Crippen molar-refractivity contribution in [2.24, 2.45) is 0 Å². The molecule has 0 amide bonds. The summed E-state index contributed by atoms with van der Waals surface area (Å²) in [7, 11) is -3.80. The first-order valence-corrected chi connectivity index (χ1v) is 9.01. The third kappa shape index (κ3) is 5.04. The Morgan fingerprint density at radius 2 is 1.75 bits per heavy atom. The first-order valence-electron chi connectivity index (χ1n) is 6.77. The minimum atomic E-state index is -3.80. The fourth-order valence-electron chi connectivity index (χ4n) is 1.94. The Bertz CT molecular complexity index is 799. The topological polar surface area (TPSA) is 55.4 Å². The van der Waals surface area contributed by atoms with Gasteiger partial charge in [0.05, 0.1) is 10.0 Å². The van der Waals surface area contributed by atoms with Crippen molar-refractivity contribution >= 4 is 33.2 Å². The van der Waals surface area contributed by atoms with Gasteiger partial charge in [-0.05, 0) is 36.2 Å². The SMILES string of the molecule is O=S(=O)(NCCc1ccc(OC(F)F)cc1)c1cccc(Cl)c1Cl. The van der Waals surface area contributed by atoms with Gasteiger partial charge in [0.15, 0.2) is 0 Å². The molecule has 2 aromatic rings. The molecule has 0 aromatic heterocycles. The van der Waals surface area contributed by atoms with E-state index in [1.165, 1.54) is 30.3 Å². The molecule has 0 saturated heterocycles. The first kappa shape index (κ1) is 18.9. The number of halogens is 4. The maximum absolute atomic E-state index is 12.2. The lowest BCUT2D eigenvalue weighted by atomic mass is 10.1. The quantitative estimate of drug-likeness (QED) is 0.766. The Kier molecular flexibility index (Phi) is 6.40. The van der Waals surface area contributed by atoms with Crippen LogP contribution in [0.4, 0.5) is 8.78 Å². The van der Waals surface area contributed by atoms with Crippen LogP contribution in [0.15, 0.2) is 47.4 Å². The third-order valence-electron chi connectivity index (χ3n) is 3.06. The van der Waals surface area contributed by atoms with Crippen molar-refractivity contribution in [3.63, 3.8) is 0 Å². The zero-order valence-corrected chi connectivity index (χ0v) is 14.5. The Hall–Kier alpha value is -1.41. The minimum Gasteiger partial charge on any atom is -0.435 e. The lowest BCUT2D eigenvalue weighted by Crippen LogP contribution is -2.26. The second-order valence-electron chi connectivity index (χ2n) is 4.72. The zero-order valence-electron chi connectivity index (χ0n) is 12.2. The molecule has 0 spiro atoms. The molecule has 0 heterocycles. The van der Waals surface area contributed by atoms with Crippen LogP contribution in [0.1, 0.15) is 5.56 Å². The van der Waals surface area contributed by atoms with Gasteiger partial charge in [-0.2, -0.15) is 8.78 Å². The predicted molar refractivity (Wildman–Crippen MR) is 88.4 cm³/mol. The number of sulfonamides is 1. The highest BCUT2D eigenvalue weighted by atomic mass is 35.5. The van der Waals surface area contributed by atoms with E-state index in [1.54, 1.807) is 12.1 Å². The van der Waals surface area contributed by atoms with Crippen molar-refractivity contribution in [3.8, 4) is 5.75 Å². The van der Waals surface area contributed by atoms with Gasteiger partial charge in [0, 0.05) is 6.54 Å². The van der Waals surface area contributed by atoms with Gasteiger partial charge in [0.25, 0.3) is 0 Å². The molecule has 9 heteroatoms. The highest BCUT2D eigenvalue weighted by Gasteiger charge is 2.18. The van der Waals surface area contributed by atoms with Crippen molar-refractivity contribution in [2.45, 2.75) is 17.9 Å². The normalized spacial score (nSPS) is 11.7. The molecular formula is C15H13Cl2F2NO3S. The predicted octanol–water partition coefficient (Wildman–Crippen LogP) is 4.12. The summed E-state index contributed by atoms with van der Waals surface area (Å²) in [5, 5.41) is 0.106. The van der Waals surface area contributed by atoms with Gasteiger partial charge in [-0.1, -0.05) is 41.4 Å². The molecule has 0 radical (unpaired) electrons. The van der Waals surface area contributed by atoms with Gasteiger partial charge in [-0.3, -0.25) is 0 Å². The third-order valence-corrected chi connectivity index (χ3v) is 5.49. The average Bonchev–Trinajstić information content (AvgIpc) is 2.51. The smallest absolute Gasteiger partial charge is 0.387 e. The average molecular weight is 396 g/mol. The Labute approximate surface area is 148 Å². The molecule has 4 nitrogen and oxygen atoms in total. The summed E-state index contributed by atoms with van der Waals surface area (Å²) in [4.78, 5) is -0.0997. The zero-order chi connectivity index (χ0) is 17.7. The van der Waals surface area contributed by atoms with Crippen LogP contribution in [0.3, 0.4) is 0 Å². The van der Waals surface area contributed by atoms with Gasteiger partial charge in [0.2, 0.25) is 10.0 Å². The summed E-state index contributed by atoms with van der Waals surface area (Å²) < 4.78 is 55.2. The second-order valence-corrected chi connectivity index (χ2v) is 7.24. The summed E-state index contributed by atoms with van der Waals surface area (Å²) in [6.45, 7) is -2.77. The van der Waals surface area contributed by atoms with Gasteiger partial charge >= 0.3 is 6.61 Å². The molecular weight excluding hydrogens is 383 g/mol. The maximum atomic E-state index is 12.2. The molecule has 0 saturated carbocycles. The van der Waals surface area contributed by atoms with Gasteiger partial charge < -0.3 is 4.74 Å². The van der Waals surface area contributed by atoms with E-state index >= 15 is 0 Å². The van der Waals surface area contributed by atoms with Crippen LogP contribution in [-0.2, 0) is 16.4 Å². The van der Waals surface area contributed by atoms with E-state index in [0.29, 0.717) is 6.42 Å². The van der Waals surface area contributed by atoms with Gasteiger partial charge in [-0.25, -0.2) is 13.1 Å². The van der Waals surface area contributed by atoms with Crippen molar-refractivity contribution in [1.82, 2.24) is 4.72 Å². The van der Waals surface area contributed by atoms with Crippen molar-refractivity contribution in [3.05, 3.63) is 58.1 Å². The largest absolute Gasteiger partial charge is 0.435 e. The van der Waals surface area contributed by atoms with Crippen molar-refractivity contribution in [2.75, 3.05) is 6.54 Å². The lowest BCUT2D eigenvalue weighted by Gasteiger charge is -2.09. The fraction of sp³-hybridized carbons (Fsp3) is 0.200. The second kappa shape index (κ2) is 8.11. The lowest BCUT2D eigenvalue weighted by molar-refractivity contribution is -0.0498. The van der Waals surface area contributed by atoms with E-state index in [1.807, 2.05) is 0 Å². The molecule has 0 aliphatic rings. The minimum absolute atomic E-state index is 0.0415. The Morgan fingerprint density at radius 3 is 2.38 bits per heavy atom. The fourth-order valence-corrected chi connectivity index (χ4v) is 3.73. The van der Waals surface area contributed by atoms with E-state index in [0.717, 1.165) is 5.56 Å². The number of hydrogen-bond acceptors (Lipinski definition) is 3. The highest BCUT2D eigenvalue weighted by molar-refractivity contribution is 7.89. The number of nitrogens with one attached hydrogen (secondary N) is 1. The standard InChI is InChI=1S/C15H13Cl2F2NO3S/c16-12-2-1-3-13(14(12)17)24(21,22)20-9-8-10-4-6-11(7-5-10)23-15(18)19/h1-7,15,20H,8-9H2. The molecule has 0 atom stereocenters.